The lowest BCUT2D eigenvalue weighted by atomic mass is 10.2. The van der Waals surface area contributed by atoms with Crippen LogP contribution in [-0.2, 0) is 14.3 Å². The first kappa shape index (κ1) is 22.7. The second-order valence-corrected chi connectivity index (χ2v) is 4.36. The van der Waals surface area contributed by atoms with Gasteiger partial charge in [0.05, 0.1) is 26.4 Å². The van der Waals surface area contributed by atoms with Gasteiger partial charge in [0.2, 0.25) is 0 Å². The molecule has 0 aliphatic heterocycles. The second kappa shape index (κ2) is 15.8. The summed E-state index contributed by atoms with van der Waals surface area (Å²) in [7, 11) is 0. The Morgan fingerprint density at radius 3 is 1.90 bits per heavy atom. The van der Waals surface area contributed by atoms with E-state index in [1.165, 1.54) is 12.8 Å². The van der Waals surface area contributed by atoms with Crippen LogP contribution in [-0.4, -0.2) is 56.1 Å². The van der Waals surface area contributed by atoms with Crippen molar-refractivity contribution >= 4 is 17.6 Å². The highest BCUT2D eigenvalue weighted by atomic mass is 35.5. The van der Waals surface area contributed by atoms with Gasteiger partial charge in [-0.1, -0.05) is 12.8 Å². The van der Waals surface area contributed by atoms with Gasteiger partial charge < -0.3 is 20.3 Å². The highest BCUT2D eigenvalue weighted by Gasteiger charge is 2.38. The monoisotopic (exact) mass is 338 g/mol. The molecule has 0 bridgehead atoms. The Morgan fingerprint density at radius 2 is 1.48 bits per heavy atom. The lowest BCUT2D eigenvalue weighted by molar-refractivity contribution is -0.374. The van der Waals surface area contributed by atoms with Gasteiger partial charge >= 0.3 is 12.1 Å². The van der Waals surface area contributed by atoms with E-state index < -0.39 is 12.1 Å². The van der Waals surface area contributed by atoms with Crippen molar-refractivity contribution in [2.45, 2.75) is 31.9 Å². The molecule has 0 saturated heterocycles. The molecule has 0 rings (SSSR count). The average molecular weight is 339 g/mol. The fourth-order valence-electron chi connectivity index (χ4n) is 1.08. The minimum Gasteiger partial charge on any atom is -0.475 e. The number of carboxylic acid groups (broad SMARTS) is 1. The van der Waals surface area contributed by atoms with Crippen molar-refractivity contribution in [2.75, 3.05) is 38.9 Å². The van der Waals surface area contributed by atoms with Crippen molar-refractivity contribution in [1.29, 1.82) is 0 Å². The summed E-state index contributed by atoms with van der Waals surface area (Å²) in [5, 5.41) is 7.12. The molecule has 0 unspecified atom stereocenters. The van der Waals surface area contributed by atoms with E-state index in [-0.39, 0.29) is 0 Å². The van der Waals surface area contributed by atoms with E-state index in [0.29, 0.717) is 13.2 Å². The van der Waals surface area contributed by atoms with E-state index in [4.69, 9.17) is 31.0 Å². The van der Waals surface area contributed by atoms with E-state index in [1.807, 2.05) is 0 Å². The Labute approximate surface area is 127 Å². The highest BCUT2D eigenvalue weighted by Crippen LogP contribution is 2.13. The minimum atomic E-state index is -5.08. The third kappa shape index (κ3) is 21.9. The van der Waals surface area contributed by atoms with Gasteiger partial charge in [0.1, 0.15) is 0 Å². The topological polar surface area (TPSA) is 83.4 Å². The molecule has 0 aliphatic rings. The number of hydrogen-bond donors (Lipinski definition) is 2. The molecule has 0 spiro atoms. The van der Waals surface area contributed by atoms with Crippen LogP contribution < -0.4 is 5.73 Å². The molecule has 0 amide bonds. The zero-order valence-corrected chi connectivity index (χ0v) is 12.7. The first-order valence-electron chi connectivity index (χ1n) is 6.67. The molecule has 128 valence electrons. The van der Waals surface area contributed by atoms with Crippen molar-refractivity contribution in [3.63, 3.8) is 0 Å². The standard InChI is InChI=1S/C10H22ClNO2.C2HF3O2/c11-5-3-1-2-4-7-13-9-10-14-8-6-12;3-2(4,5)1(6)7/h1-10,12H2;(H,6,7)/p+1. The van der Waals surface area contributed by atoms with Crippen LogP contribution in [0, 0.1) is 0 Å². The predicted octanol–water partition coefficient (Wildman–Crippen LogP) is 1.69. The summed E-state index contributed by atoms with van der Waals surface area (Å²) in [4.78, 5) is 8.90. The van der Waals surface area contributed by atoms with Gasteiger partial charge in [-0.15, -0.1) is 11.6 Å². The van der Waals surface area contributed by atoms with Crippen LogP contribution in [0.3, 0.4) is 0 Å². The molecule has 0 radical (unpaired) electrons. The van der Waals surface area contributed by atoms with Gasteiger partial charge in [-0.2, -0.15) is 13.2 Å². The van der Waals surface area contributed by atoms with Crippen molar-refractivity contribution in [3.05, 3.63) is 0 Å². The molecule has 0 saturated carbocycles. The van der Waals surface area contributed by atoms with Crippen LogP contribution in [0.15, 0.2) is 0 Å². The van der Waals surface area contributed by atoms with Crippen LogP contribution >= 0.6 is 11.6 Å². The summed E-state index contributed by atoms with van der Waals surface area (Å²) >= 11 is 5.56. The average Bonchev–Trinajstić information content (AvgIpc) is 2.40. The zero-order valence-electron chi connectivity index (χ0n) is 12.0. The SMILES string of the molecule is O=C(O)C(F)(F)F.[NH3+]CCOCCOCCCCCCCl. The molecule has 0 atom stereocenters. The number of unbranched alkanes of at least 4 members (excludes halogenated alkanes) is 3. The maximum Gasteiger partial charge on any atom is 0.490 e. The Balaban J connectivity index is 0. The van der Waals surface area contributed by atoms with Crippen LogP contribution in [0.25, 0.3) is 0 Å². The van der Waals surface area contributed by atoms with Crippen LogP contribution in [0.4, 0.5) is 13.2 Å². The molecule has 9 heteroatoms. The van der Waals surface area contributed by atoms with Gasteiger partial charge in [0.25, 0.3) is 0 Å². The Hall–Kier alpha value is -0.570. The molecule has 0 aromatic rings. The largest absolute Gasteiger partial charge is 0.490 e. The van der Waals surface area contributed by atoms with Gasteiger partial charge in [0, 0.05) is 12.5 Å². The van der Waals surface area contributed by atoms with Crippen molar-refractivity contribution in [3.8, 4) is 0 Å². The Morgan fingerprint density at radius 1 is 1.00 bits per heavy atom. The number of carboxylic acids is 1. The third-order valence-corrected chi connectivity index (χ3v) is 2.34. The molecule has 0 aromatic carbocycles. The maximum absolute atomic E-state index is 10.6. The Kier molecular flexibility index (Phi) is 17.1. The first-order chi connectivity index (χ1) is 9.86. The number of aliphatic carboxylic acids is 1. The lowest BCUT2D eigenvalue weighted by Crippen LogP contribution is -2.52. The highest BCUT2D eigenvalue weighted by molar-refractivity contribution is 6.17. The summed E-state index contributed by atoms with van der Waals surface area (Å²) in [5.74, 6) is -1.98. The number of alkyl halides is 4. The van der Waals surface area contributed by atoms with Crippen molar-refractivity contribution < 1.29 is 38.3 Å². The van der Waals surface area contributed by atoms with E-state index in [0.717, 1.165) is 38.5 Å². The van der Waals surface area contributed by atoms with Crippen LogP contribution in [0.5, 0.6) is 0 Å². The van der Waals surface area contributed by atoms with Crippen LogP contribution in [0.1, 0.15) is 25.7 Å². The molecule has 0 aliphatic carbocycles. The summed E-state index contributed by atoms with van der Waals surface area (Å²) < 4.78 is 42.3. The minimum absolute atomic E-state index is 0.692. The molecule has 0 fully saturated rings. The van der Waals surface area contributed by atoms with E-state index in [1.54, 1.807) is 0 Å². The van der Waals surface area contributed by atoms with E-state index >= 15 is 0 Å². The second-order valence-electron chi connectivity index (χ2n) is 3.98. The first-order valence-corrected chi connectivity index (χ1v) is 7.20. The summed E-state index contributed by atoms with van der Waals surface area (Å²) in [6.45, 7) is 3.81. The maximum atomic E-state index is 10.6. The zero-order chi connectivity index (χ0) is 16.6. The lowest BCUT2D eigenvalue weighted by Gasteiger charge is -2.04. The van der Waals surface area contributed by atoms with Crippen molar-refractivity contribution in [2.24, 2.45) is 0 Å². The molecular weight excluding hydrogens is 315 g/mol. The number of hydrogen-bond acceptors (Lipinski definition) is 3. The van der Waals surface area contributed by atoms with Crippen LogP contribution in [0.2, 0.25) is 0 Å². The summed E-state index contributed by atoms with van der Waals surface area (Å²) in [6, 6.07) is 0. The Bertz CT molecular complexity index is 231. The van der Waals surface area contributed by atoms with Gasteiger partial charge in [-0.25, -0.2) is 4.79 Å². The number of quaternary nitrogens is 1. The quantitative estimate of drug-likeness (QED) is 0.443. The molecule has 21 heavy (non-hydrogen) atoms. The third-order valence-electron chi connectivity index (χ3n) is 2.08. The number of ether oxygens (including phenoxy) is 2. The van der Waals surface area contributed by atoms with Gasteiger partial charge in [-0.3, -0.25) is 0 Å². The fraction of sp³-hybridized carbons (Fsp3) is 0.917. The van der Waals surface area contributed by atoms with Crippen molar-refractivity contribution in [1.82, 2.24) is 0 Å². The number of carbonyl (C=O) groups is 1. The molecule has 0 heterocycles. The predicted molar refractivity (Wildman–Crippen MR) is 72.3 cm³/mol. The molecule has 0 aromatic heterocycles. The smallest absolute Gasteiger partial charge is 0.475 e. The molecular formula is C12H24ClF3NO4+. The summed E-state index contributed by atoms with van der Waals surface area (Å²) in [5.41, 5.74) is 3.68. The van der Waals surface area contributed by atoms with Gasteiger partial charge in [-0.05, 0) is 12.8 Å². The fourth-order valence-corrected chi connectivity index (χ4v) is 1.27. The number of halogens is 4. The van der Waals surface area contributed by atoms with Gasteiger partial charge in [0.15, 0.2) is 0 Å². The van der Waals surface area contributed by atoms with E-state index in [9.17, 15) is 13.2 Å². The van der Waals surface area contributed by atoms with E-state index in [2.05, 4.69) is 5.73 Å². The normalized spacial score (nSPS) is 10.9. The molecule has 5 nitrogen and oxygen atoms in total. The summed E-state index contributed by atoms with van der Waals surface area (Å²) in [6.07, 6.45) is -0.405. The number of rotatable bonds is 11. The molecule has 4 N–H and O–H groups in total.